The van der Waals surface area contributed by atoms with Crippen LogP contribution in [0.5, 0.6) is 0 Å². The second kappa shape index (κ2) is 4.76. The Kier molecular flexibility index (Phi) is 3.13. The molecule has 0 radical (unpaired) electrons. The first kappa shape index (κ1) is 11.2. The van der Waals surface area contributed by atoms with E-state index in [0.717, 1.165) is 36.0 Å². The molecule has 1 atom stereocenters. The van der Waals surface area contributed by atoms with Crippen LogP contribution in [0.1, 0.15) is 28.7 Å². The number of rotatable bonds is 4. The summed E-state index contributed by atoms with van der Waals surface area (Å²) in [5, 5.41) is 7.30. The molecule has 6 heteroatoms. The fraction of sp³-hybridized carbons (Fsp3) is 0.455. The minimum Gasteiger partial charge on any atom is -0.343 e. The summed E-state index contributed by atoms with van der Waals surface area (Å²) in [5.41, 5.74) is 1.37. The van der Waals surface area contributed by atoms with Gasteiger partial charge in [0.15, 0.2) is 5.82 Å². The van der Waals surface area contributed by atoms with Crippen molar-refractivity contribution in [2.45, 2.75) is 25.3 Å². The molecule has 4 nitrogen and oxygen atoms in total. The summed E-state index contributed by atoms with van der Waals surface area (Å²) >= 11 is 7.71. The van der Waals surface area contributed by atoms with Crippen LogP contribution in [0.15, 0.2) is 17.0 Å². The average Bonchev–Trinajstić information content (AvgIpc) is 2.97. The Morgan fingerprint density at radius 2 is 2.53 bits per heavy atom. The van der Waals surface area contributed by atoms with Gasteiger partial charge in [-0.3, -0.25) is 0 Å². The van der Waals surface area contributed by atoms with Gasteiger partial charge in [-0.25, -0.2) is 0 Å². The molecule has 1 N–H and O–H groups in total. The molecule has 3 rings (SSSR count). The van der Waals surface area contributed by atoms with Crippen molar-refractivity contribution in [2.75, 3.05) is 6.54 Å². The van der Waals surface area contributed by atoms with Crippen molar-refractivity contribution in [2.24, 2.45) is 0 Å². The third-order valence-corrected chi connectivity index (χ3v) is 4.33. The van der Waals surface area contributed by atoms with Crippen molar-refractivity contribution in [1.29, 1.82) is 0 Å². The number of nitrogens with one attached hydrogen (secondary N) is 1. The van der Waals surface area contributed by atoms with E-state index >= 15 is 0 Å². The van der Waals surface area contributed by atoms with Crippen LogP contribution < -0.4 is 5.32 Å². The van der Waals surface area contributed by atoms with Gasteiger partial charge in [-0.15, -0.1) is 11.3 Å². The summed E-state index contributed by atoms with van der Waals surface area (Å²) in [6.07, 6.45) is 4.44. The van der Waals surface area contributed by atoms with Gasteiger partial charge in [-0.05, 0) is 24.5 Å². The molecule has 0 aromatic carbocycles. The smallest absolute Gasteiger partial charge is 0.213 e. The van der Waals surface area contributed by atoms with E-state index in [1.807, 2.05) is 0 Å². The highest BCUT2D eigenvalue weighted by atomic mass is 35.5. The highest BCUT2D eigenvalue weighted by molar-refractivity contribution is 7.16. The zero-order chi connectivity index (χ0) is 11.7. The number of hydrogen-bond acceptors (Lipinski definition) is 5. The van der Waals surface area contributed by atoms with Crippen LogP contribution >= 0.6 is 22.9 Å². The van der Waals surface area contributed by atoms with Crippen LogP contribution in [-0.4, -0.2) is 16.7 Å². The molecule has 0 bridgehead atoms. The molecular formula is C11H12ClN3OS. The molecule has 0 saturated carbocycles. The Morgan fingerprint density at radius 3 is 3.35 bits per heavy atom. The summed E-state index contributed by atoms with van der Waals surface area (Å²) in [5.74, 6) is 0.749. The monoisotopic (exact) mass is 269 g/mol. The zero-order valence-electron chi connectivity index (χ0n) is 9.15. The molecule has 0 amide bonds. The lowest BCUT2D eigenvalue weighted by atomic mass is 10.2. The largest absolute Gasteiger partial charge is 0.343 e. The van der Waals surface area contributed by atoms with Crippen molar-refractivity contribution < 1.29 is 4.52 Å². The number of aryl methyl sites for hydroxylation is 1. The lowest BCUT2D eigenvalue weighted by molar-refractivity contribution is 0.408. The SMILES string of the molecule is Clc1cc2c(s1)CCC2NCCc1ncon1. The van der Waals surface area contributed by atoms with Crippen LogP contribution in [0.3, 0.4) is 0 Å². The predicted molar refractivity (Wildman–Crippen MR) is 66.4 cm³/mol. The van der Waals surface area contributed by atoms with Crippen LogP contribution in [0.4, 0.5) is 0 Å². The number of thiophene rings is 1. The maximum atomic E-state index is 6.02. The maximum Gasteiger partial charge on any atom is 0.213 e. The number of hydrogen-bond donors (Lipinski definition) is 1. The summed E-state index contributed by atoms with van der Waals surface area (Å²) in [4.78, 5) is 5.42. The molecule has 0 spiro atoms. The van der Waals surface area contributed by atoms with E-state index in [2.05, 4.69) is 21.5 Å². The highest BCUT2D eigenvalue weighted by Gasteiger charge is 2.24. The first-order valence-corrected chi connectivity index (χ1v) is 6.79. The topological polar surface area (TPSA) is 51.0 Å². The van der Waals surface area contributed by atoms with E-state index in [9.17, 15) is 0 Å². The lowest BCUT2D eigenvalue weighted by Crippen LogP contribution is -2.22. The molecule has 1 aliphatic carbocycles. The van der Waals surface area contributed by atoms with E-state index < -0.39 is 0 Å². The second-order valence-corrected chi connectivity index (χ2v) is 5.84. The first-order chi connectivity index (χ1) is 8.33. The van der Waals surface area contributed by atoms with Gasteiger partial charge >= 0.3 is 0 Å². The van der Waals surface area contributed by atoms with Gasteiger partial charge in [0.1, 0.15) is 0 Å². The summed E-state index contributed by atoms with van der Waals surface area (Å²) in [7, 11) is 0. The van der Waals surface area contributed by atoms with Gasteiger partial charge in [0.25, 0.3) is 0 Å². The Labute approximate surface area is 108 Å². The van der Waals surface area contributed by atoms with Crippen LogP contribution in [0.2, 0.25) is 4.34 Å². The minimum absolute atomic E-state index is 0.431. The summed E-state index contributed by atoms with van der Waals surface area (Å²) < 4.78 is 5.58. The predicted octanol–water partition coefficient (Wildman–Crippen LogP) is 2.60. The quantitative estimate of drug-likeness (QED) is 0.927. The molecule has 2 heterocycles. The van der Waals surface area contributed by atoms with Crippen LogP contribution in [0.25, 0.3) is 0 Å². The molecule has 90 valence electrons. The third-order valence-electron chi connectivity index (χ3n) is 2.99. The van der Waals surface area contributed by atoms with Gasteiger partial charge in [-0.2, -0.15) is 4.98 Å². The Bertz CT molecular complexity index is 497. The first-order valence-electron chi connectivity index (χ1n) is 5.59. The highest BCUT2D eigenvalue weighted by Crippen LogP contribution is 2.39. The van der Waals surface area contributed by atoms with E-state index in [-0.39, 0.29) is 0 Å². The fourth-order valence-electron chi connectivity index (χ4n) is 2.20. The zero-order valence-corrected chi connectivity index (χ0v) is 10.7. The molecular weight excluding hydrogens is 258 g/mol. The number of fused-ring (bicyclic) bond motifs is 1. The Balaban J connectivity index is 1.56. The molecule has 2 aromatic rings. The maximum absolute atomic E-state index is 6.02. The van der Waals surface area contributed by atoms with E-state index in [0.29, 0.717) is 6.04 Å². The van der Waals surface area contributed by atoms with Gasteiger partial charge < -0.3 is 9.84 Å². The van der Waals surface area contributed by atoms with Gasteiger partial charge in [-0.1, -0.05) is 16.8 Å². The van der Waals surface area contributed by atoms with Gasteiger partial charge in [0.2, 0.25) is 6.39 Å². The summed E-state index contributed by atoms with van der Waals surface area (Å²) in [6, 6.07) is 2.52. The molecule has 2 aromatic heterocycles. The van der Waals surface area contributed by atoms with Gasteiger partial charge in [0.05, 0.1) is 4.34 Å². The van der Waals surface area contributed by atoms with E-state index in [1.54, 1.807) is 11.3 Å². The Hall–Kier alpha value is -0.910. The standard InChI is InChI=1S/C11H12ClN3OS/c12-10-5-7-8(1-2-9(7)17-10)13-4-3-11-14-6-16-15-11/h5-6,8,13H,1-4H2. The summed E-state index contributed by atoms with van der Waals surface area (Å²) in [6.45, 7) is 0.858. The molecule has 1 unspecified atom stereocenters. The van der Waals surface area contributed by atoms with Crippen molar-refractivity contribution in [3.8, 4) is 0 Å². The van der Waals surface area contributed by atoms with Crippen LogP contribution in [-0.2, 0) is 12.8 Å². The van der Waals surface area contributed by atoms with E-state index in [1.165, 1.54) is 16.8 Å². The molecule has 1 aliphatic rings. The van der Waals surface area contributed by atoms with Gasteiger partial charge in [0, 0.05) is 23.9 Å². The minimum atomic E-state index is 0.431. The number of nitrogens with zero attached hydrogens (tertiary/aromatic N) is 2. The normalized spacial score (nSPS) is 18.5. The van der Waals surface area contributed by atoms with Crippen LogP contribution in [0, 0.1) is 0 Å². The second-order valence-electron chi connectivity index (χ2n) is 4.07. The molecule has 17 heavy (non-hydrogen) atoms. The third kappa shape index (κ3) is 2.36. The molecule has 0 saturated heterocycles. The van der Waals surface area contributed by atoms with Crippen molar-refractivity contribution in [1.82, 2.24) is 15.5 Å². The lowest BCUT2D eigenvalue weighted by Gasteiger charge is -2.11. The molecule has 0 aliphatic heterocycles. The average molecular weight is 270 g/mol. The van der Waals surface area contributed by atoms with Crippen molar-refractivity contribution in [3.05, 3.63) is 33.1 Å². The van der Waals surface area contributed by atoms with Crippen molar-refractivity contribution in [3.63, 3.8) is 0 Å². The van der Waals surface area contributed by atoms with E-state index in [4.69, 9.17) is 16.1 Å². The molecule has 0 fully saturated rings. The number of aromatic nitrogens is 2. The van der Waals surface area contributed by atoms with Crippen molar-refractivity contribution >= 4 is 22.9 Å². The fourth-order valence-corrected chi connectivity index (χ4v) is 3.56. The number of halogens is 1. The Morgan fingerprint density at radius 1 is 1.59 bits per heavy atom.